The van der Waals surface area contributed by atoms with Crippen molar-refractivity contribution in [2.45, 2.75) is 19.8 Å². The third-order valence-electron chi connectivity index (χ3n) is 2.88. The molecule has 0 aliphatic rings. The normalized spacial score (nSPS) is 13.8. The van der Waals surface area contributed by atoms with E-state index in [0.717, 1.165) is 12.2 Å². The zero-order chi connectivity index (χ0) is 14.3. The molecule has 0 bridgehead atoms. The summed E-state index contributed by atoms with van der Waals surface area (Å²) in [4.78, 5) is 10.7. The van der Waals surface area contributed by atoms with Gasteiger partial charge in [0, 0.05) is 11.4 Å². The van der Waals surface area contributed by atoms with Gasteiger partial charge in [-0.05, 0) is 49.1 Å². The second kappa shape index (κ2) is 8.02. The summed E-state index contributed by atoms with van der Waals surface area (Å²) in [5.74, 6) is 0.213. The van der Waals surface area contributed by atoms with E-state index >= 15 is 0 Å². The van der Waals surface area contributed by atoms with Gasteiger partial charge in [-0.25, -0.2) is 0 Å². The number of halogens is 1. The monoisotopic (exact) mass is 285 g/mol. The lowest BCUT2D eigenvalue weighted by Gasteiger charge is -2.18. The largest absolute Gasteiger partial charge is 0.493 e. The number of aliphatic carboxylic acids is 1. The SMILES string of the molecule is C[C@H](COc1ccc(Cl)cc1)C[C@H](CN)CC(=O)O. The van der Waals surface area contributed by atoms with Gasteiger partial charge in [-0.3, -0.25) is 4.79 Å². The Bertz CT molecular complexity index is 394. The minimum absolute atomic E-state index is 0.00122. The van der Waals surface area contributed by atoms with E-state index in [1.807, 2.05) is 19.1 Å². The molecule has 1 aromatic rings. The molecule has 0 radical (unpaired) electrons. The summed E-state index contributed by atoms with van der Waals surface area (Å²) in [5.41, 5.74) is 5.57. The third kappa shape index (κ3) is 6.45. The van der Waals surface area contributed by atoms with Crippen molar-refractivity contribution in [3.05, 3.63) is 29.3 Å². The second-order valence-electron chi connectivity index (χ2n) is 4.81. The Hall–Kier alpha value is -1.26. The lowest BCUT2D eigenvalue weighted by Crippen LogP contribution is -2.22. The first-order chi connectivity index (χ1) is 9.01. The van der Waals surface area contributed by atoms with E-state index in [0.29, 0.717) is 18.2 Å². The molecule has 0 aromatic heterocycles. The highest BCUT2D eigenvalue weighted by Crippen LogP contribution is 2.19. The van der Waals surface area contributed by atoms with Gasteiger partial charge in [0.05, 0.1) is 6.61 Å². The highest BCUT2D eigenvalue weighted by Gasteiger charge is 2.15. The van der Waals surface area contributed by atoms with Gasteiger partial charge in [-0.15, -0.1) is 0 Å². The molecule has 2 atom stereocenters. The van der Waals surface area contributed by atoms with E-state index in [2.05, 4.69) is 0 Å². The summed E-state index contributed by atoms with van der Waals surface area (Å²) >= 11 is 5.79. The molecule has 0 heterocycles. The molecule has 0 unspecified atom stereocenters. The number of carbonyl (C=O) groups is 1. The Labute approximate surface area is 118 Å². The van der Waals surface area contributed by atoms with E-state index in [1.54, 1.807) is 12.1 Å². The summed E-state index contributed by atoms with van der Waals surface area (Å²) in [7, 11) is 0. The molecule has 1 aromatic carbocycles. The Kier molecular flexibility index (Phi) is 6.67. The Morgan fingerprint density at radius 3 is 2.58 bits per heavy atom. The van der Waals surface area contributed by atoms with Crippen LogP contribution in [0.4, 0.5) is 0 Å². The Morgan fingerprint density at radius 1 is 1.42 bits per heavy atom. The van der Waals surface area contributed by atoms with Crippen molar-refractivity contribution in [2.24, 2.45) is 17.6 Å². The standard InChI is InChI=1S/C14H20ClNO3/c1-10(6-11(8-16)7-14(17)18)9-19-13-4-2-12(15)3-5-13/h2-5,10-11H,6-9,16H2,1H3,(H,17,18)/t10-,11-/m0/s1. The van der Waals surface area contributed by atoms with Gasteiger partial charge in [-0.2, -0.15) is 0 Å². The minimum Gasteiger partial charge on any atom is -0.493 e. The number of hydrogen-bond donors (Lipinski definition) is 2. The van der Waals surface area contributed by atoms with Crippen LogP contribution in [-0.2, 0) is 4.79 Å². The maximum Gasteiger partial charge on any atom is 0.303 e. The van der Waals surface area contributed by atoms with Crippen LogP contribution >= 0.6 is 11.6 Å². The first-order valence-electron chi connectivity index (χ1n) is 6.31. The van der Waals surface area contributed by atoms with Gasteiger partial charge in [0.25, 0.3) is 0 Å². The maximum absolute atomic E-state index is 10.7. The first-order valence-corrected chi connectivity index (χ1v) is 6.69. The quantitative estimate of drug-likeness (QED) is 0.770. The molecule has 0 saturated carbocycles. The average Bonchev–Trinajstić information content (AvgIpc) is 2.36. The van der Waals surface area contributed by atoms with Crippen molar-refractivity contribution >= 4 is 17.6 Å². The van der Waals surface area contributed by atoms with Gasteiger partial charge < -0.3 is 15.6 Å². The van der Waals surface area contributed by atoms with E-state index in [1.165, 1.54) is 0 Å². The van der Waals surface area contributed by atoms with Crippen molar-refractivity contribution in [2.75, 3.05) is 13.2 Å². The number of benzene rings is 1. The molecule has 0 saturated heterocycles. The smallest absolute Gasteiger partial charge is 0.303 e. The molecular weight excluding hydrogens is 266 g/mol. The number of nitrogens with two attached hydrogens (primary N) is 1. The molecule has 0 aliphatic carbocycles. The first kappa shape index (κ1) is 15.8. The number of carboxylic acids is 1. The molecule has 106 valence electrons. The molecule has 1 rings (SSSR count). The van der Waals surface area contributed by atoms with Gasteiger partial charge in [0.15, 0.2) is 0 Å². The van der Waals surface area contributed by atoms with Crippen LogP contribution in [0.1, 0.15) is 19.8 Å². The lowest BCUT2D eigenvalue weighted by atomic mass is 9.94. The van der Waals surface area contributed by atoms with E-state index in [-0.39, 0.29) is 18.3 Å². The third-order valence-corrected chi connectivity index (χ3v) is 3.13. The Balaban J connectivity index is 2.35. The fourth-order valence-electron chi connectivity index (χ4n) is 1.92. The van der Waals surface area contributed by atoms with Gasteiger partial charge in [0.2, 0.25) is 0 Å². The van der Waals surface area contributed by atoms with E-state index < -0.39 is 5.97 Å². The number of rotatable bonds is 8. The Morgan fingerprint density at radius 2 is 2.05 bits per heavy atom. The van der Waals surface area contributed by atoms with E-state index in [4.69, 9.17) is 27.2 Å². The molecule has 0 aliphatic heterocycles. The number of carboxylic acid groups (broad SMARTS) is 1. The molecule has 0 spiro atoms. The molecule has 4 nitrogen and oxygen atoms in total. The fraction of sp³-hybridized carbons (Fsp3) is 0.500. The van der Waals surface area contributed by atoms with Crippen LogP contribution in [0.2, 0.25) is 5.02 Å². The highest BCUT2D eigenvalue weighted by molar-refractivity contribution is 6.30. The molecule has 19 heavy (non-hydrogen) atoms. The van der Waals surface area contributed by atoms with Crippen LogP contribution in [0.3, 0.4) is 0 Å². The van der Waals surface area contributed by atoms with Gasteiger partial charge in [-0.1, -0.05) is 18.5 Å². The minimum atomic E-state index is -0.804. The molecule has 0 amide bonds. The van der Waals surface area contributed by atoms with Crippen LogP contribution in [0.5, 0.6) is 5.75 Å². The van der Waals surface area contributed by atoms with Crippen molar-refractivity contribution in [3.8, 4) is 5.75 Å². The fourth-order valence-corrected chi connectivity index (χ4v) is 2.04. The average molecular weight is 286 g/mol. The maximum atomic E-state index is 10.7. The van der Waals surface area contributed by atoms with Crippen molar-refractivity contribution in [1.29, 1.82) is 0 Å². The van der Waals surface area contributed by atoms with Crippen LogP contribution in [0.25, 0.3) is 0 Å². The highest BCUT2D eigenvalue weighted by atomic mass is 35.5. The van der Waals surface area contributed by atoms with Crippen LogP contribution in [-0.4, -0.2) is 24.2 Å². The summed E-state index contributed by atoms with van der Waals surface area (Å²) in [6, 6.07) is 7.17. The lowest BCUT2D eigenvalue weighted by molar-refractivity contribution is -0.138. The predicted molar refractivity (Wildman–Crippen MR) is 75.5 cm³/mol. The number of hydrogen-bond acceptors (Lipinski definition) is 3. The van der Waals surface area contributed by atoms with Crippen LogP contribution < -0.4 is 10.5 Å². The number of ether oxygens (including phenoxy) is 1. The zero-order valence-electron chi connectivity index (χ0n) is 11.0. The zero-order valence-corrected chi connectivity index (χ0v) is 11.8. The predicted octanol–water partition coefficient (Wildman–Crippen LogP) is 2.79. The summed E-state index contributed by atoms with van der Waals surface area (Å²) in [5, 5.41) is 9.43. The second-order valence-corrected chi connectivity index (χ2v) is 5.24. The molecule has 0 fully saturated rings. The summed E-state index contributed by atoms with van der Waals surface area (Å²) in [6.45, 7) is 2.95. The van der Waals surface area contributed by atoms with Gasteiger partial charge in [0.1, 0.15) is 5.75 Å². The summed E-state index contributed by atoms with van der Waals surface area (Å²) < 4.78 is 5.63. The van der Waals surface area contributed by atoms with Crippen LogP contribution in [0.15, 0.2) is 24.3 Å². The molecule has 5 heteroatoms. The van der Waals surface area contributed by atoms with Crippen molar-refractivity contribution in [1.82, 2.24) is 0 Å². The van der Waals surface area contributed by atoms with Crippen LogP contribution in [0, 0.1) is 11.8 Å². The topological polar surface area (TPSA) is 72.5 Å². The van der Waals surface area contributed by atoms with Gasteiger partial charge >= 0.3 is 5.97 Å². The molecule has 3 N–H and O–H groups in total. The van der Waals surface area contributed by atoms with Crippen molar-refractivity contribution < 1.29 is 14.6 Å². The molecular formula is C14H20ClNO3. The van der Waals surface area contributed by atoms with Crippen molar-refractivity contribution in [3.63, 3.8) is 0 Å². The van der Waals surface area contributed by atoms with E-state index in [9.17, 15) is 4.79 Å². The summed E-state index contributed by atoms with van der Waals surface area (Å²) in [6.07, 6.45) is 0.859.